The van der Waals surface area contributed by atoms with E-state index < -0.39 is 10.9 Å². The number of nitrogens with one attached hydrogen (secondary N) is 1. The van der Waals surface area contributed by atoms with Crippen LogP contribution in [0, 0.1) is 10.1 Å². The molecule has 0 fully saturated rings. The van der Waals surface area contributed by atoms with Crippen molar-refractivity contribution in [3.63, 3.8) is 0 Å². The third-order valence-electron chi connectivity index (χ3n) is 2.82. The highest BCUT2D eigenvalue weighted by Crippen LogP contribution is 2.32. The summed E-state index contributed by atoms with van der Waals surface area (Å²) in [5.41, 5.74) is 0.596. The predicted molar refractivity (Wildman–Crippen MR) is 81.6 cm³/mol. The molecule has 0 aliphatic carbocycles. The zero-order valence-electron chi connectivity index (χ0n) is 11.1. The van der Waals surface area contributed by atoms with Gasteiger partial charge in [-0.2, -0.15) is 0 Å². The van der Waals surface area contributed by atoms with Crippen LogP contribution in [-0.2, 0) is 0 Å². The molecule has 0 amide bonds. The molecular weight excluding hydrogens is 292 g/mol. The fourth-order valence-corrected chi connectivity index (χ4v) is 2.37. The maximum atomic E-state index is 11.1. The Balaban J connectivity index is 2.44. The molecule has 0 atom stereocenters. The molecule has 0 aliphatic rings. The fraction of sp³-hybridized carbons (Fsp3) is 0.0714. The van der Waals surface area contributed by atoms with E-state index in [4.69, 9.17) is 5.11 Å². The topological polar surface area (TPSA) is 92.5 Å². The highest BCUT2D eigenvalue weighted by atomic mass is 32.2. The van der Waals surface area contributed by atoms with E-state index in [-0.39, 0.29) is 16.9 Å². The average molecular weight is 304 g/mol. The van der Waals surface area contributed by atoms with Gasteiger partial charge in [0.05, 0.1) is 16.2 Å². The normalized spacial score (nSPS) is 10.1. The molecule has 2 rings (SSSR count). The second-order valence-corrected chi connectivity index (χ2v) is 4.97. The number of hydrogen-bond donors (Lipinski definition) is 2. The van der Waals surface area contributed by atoms with Crippen molar-refractivity contribution in [2.45, 2.75) is 4.90 Å². The van der Waals surface area contributed by atoms with E-state index in [1.165, 1.54) is 23.9 Å². The van der Waals surface area contributed by atoms with E-state index in [1.54, 1.807) is 6.07 Å². The van der Waals surface area contributed by atoms with Crippen LogP contribution in [0.15, 0.2) is 47.4 Å². The predicted octanol–water partition coefficient (Wildman–Crippen LogP) is 3.76. The first-order chi connectivity index (χ1) is 10.0. The van der Waals surface area contributed by atoms with Gasteiger partial charge in [0, 0.05) is 11.0 Å². The van der Waals surface area contributed by atoms with Crippen molar-refractivity contribution in [3.8, 4) is 0 Å². The summed E-state index contributed by atoms with van der Waals surface area (Å²) in [5.74, 6) is -1.20. The number of aromatic carboxylic acids is 1. The van der Waals surface area contributed by atoms with Gasteiger partial charge < -0.3 is 10.4 Å². The fourth-order valence-electron chi connectivity index (χ4n) is 1.81. The number of nitro groups is 1. The smallest absolute Gasteiger partial charge is 0.335 e. The van der Waals surface area contributed by atoms with Crippen LogP contribution in [0.2, 0.25) is 0 Å². The SMILES string of the molecule is CSc1ccccc1Nc1ccc(C(=O)O)cc1[N+](=O)[O-]. The number of carboxylic acids is 1. The number of nitrogens with zero attached hydrogens (tertiary/aromatic N) is 1. The van der Waals surface area contributed by atoms with Crippen LogP contribution in [-0.4, -0.2) is 22.3 Å². The molecule has 2 N–H and O–H groups in total. The van der Waals surface area contributed by atoms with E-state index in [9.17, 15) is 14.9 Å². The van der Waals surface area contributed by atoms with Gasteiger partial charge in [0.2, 0.25) is 0 Å². The Labute approximate surface area is 125 Å². The van der Waals surface area contributed by atoms with Crippen LogP contribution >= 0.6 is 11.8 Å². The minimum atomic E-state index is -1.20. The number of carboxylic acid groups (broad SMARTS) is 1. The Hall–Kier alpha value is -2.54. The molecule has 108 valence electrons. The van der Waals surface area contributed by atoms with E-state index >= 15 is 0 Å². The number of nitro benzene ring substituents is 1. The van der Waals surface area contributed by atoms with Crippen LogP contribution < -0.4 is 5.32 Å². The zero-order valence-corrected chi connectivity index (χ0v) is 11.9. The molecule has 6 nitrogen and oxygen atoms in total. The summed E-state index contributed by atoms with van der Waals surface area (Å²) in [6.07, 6.45) is 1.91. The van der Waals surface area contributed by atoms with Crippen molar-refractivity contribution in [2.24, 2.45) is 0 Å². The van der Waals surface area contributed by atoms with Crippen molar-refractivity contribution in [1.29, 1.82) is 0 Å². The first kappa shape index (κ1) is 14.9. The standard InChI is InChI=1S/C14H12N2O4S/c1-21-13-5-3-2-4-11(13)15-10-7-6-9(14(17)18)8-12(10)16(19)20/h2-8,15H,1H3,(H,17,18). The molecular formula is C14H12N2O4S. The first-order valence-corrected chi connectivity index (χ1v) is 7.17. The number of thioether (sulfide) groups is 1. The zero-order chi connectivity index (χ0) is 15.4. The van der Waals surface area contributed by atoms with Gasteiger partial charge in [0.25, 0.3) is 5.69 Å². The second kappa shape index (κ2) is 6.27. The van der Waals surface area contributed by atoms with E-state index in [2.05, 4.69) is 5.32 Å². The quantitative estimate of drug-likeness (QED) is 0.496. The third-order valence-corrected chi connectivity index (χ3v) is 3.61. The molecule has 0 bridgehead atoms. The molecule has 0 heterocycles. The Bertz CT molecular complexity index is 703. The number of rotatable bonds is 5. The molecule has 0 saturated carbocycles. The Morgan fingerprint density at radius 1 is 1.24 bits per heavy atom. The first-order valence-electron chi connectivity index (χ1n) is 5.94. The van der Waals surface area contributed by atoms with Crippen LogP contribution in [0.4, 0.5) is 17.1 Å². The molecule has 0 aliphatic heterocycles. The molecule has 2 aromatic carbocycles. The molecule has 0 spiro atoms. The van der Waals surface area contributed by atoms with Gasteiger partial charge >= 0.3 is 5.97 Å². The van der Waals surface area contributed by atoms with Crippen molar-refractivity contribution in [2.75, 3.05) is 11.6 Å². The van der Waals surface area contributed by atoms with Crippen LogP contribution in [0.3, 0.4) is 0 Å². The maximum absolute atomic E-state index is 11.1. The number of carbonyl (C=O) groups is 1. The lowest BCUT2D eigenvalue weighted by atomic mass is 10.1. The lowest BCUT2D eigenvalue weighted by molar-refractivity contribution is -0.383. The maximum Gasteiger partial charge on any atom is 0.335 e. The third kappa shape index (κ3) is 3.32. The highest BCUT2D eigenvalue weighted by Gasteiger charge is 2.18. The second-order valence-electron chi connectivity index (χ2n) is 4.12. The van der Waals surface area contributed by atoms with Gasteiger partial charge in [-0.15, -0.1) is 11.8 Å². The van der Waals surface area contributed by atoms with Crippen LogP contribution in [0.1, 0.15) is 10.4 Å². The summed E-state index contributed by atoms with van der Waals surface area (Å²) in [6, 6.07) is 11.2. The van der Waals surface area contributed by atoms with Gasteiger partial charge in [-0.25, -0.2) is 4.79 Å². The van der Waals surface area contributed by atoms with E-state index in [0.29, 0.717) is 0 Å². The van der Waals surface area contributed by atoms with Gasteiger partial charge in [0.15, 0.2) is 0 Å². The summed E-state index contributed by atoms with van der Waals surface area (Å²) in [7, 11) is 0. The minimum Gasteiger partial charge on any atom is -0.478 e. The molecule has 0 aromatic heterocycles. The molecule has 0 saturated heterocycles. The molecule has 7 heteroatoms. The Morgan fingerprint density at radius 2 is 1.95 bits per heavy atom. The summed E-state index contributed by atoms with van der Waals surface area (Å²) < 4.78 is 0. The molecule has 2 aromatic rings. The Kier molecular flexibility index (Phi) is 4.44. The lowest BCUT2D eigenvalue weighted by Gasteiger charge is -2.11. The minimum absolute atomic E-state index is 0.120. The van der Waals surface area contributed by atoms with Gasteiger partial charge in [-0.3, -0.25) is 10.1 Å². The van der Waals surface area contributed by atoms with Crippen molar-refractivity contribution < 1.29 is 14.8 Å². The van der Waals surface area contributed by atoms with Gasteiger partial charge in [0.1, 0.15) is 5.69 Å². The number of benzene rings is 2. The van der Waals surface area contributed by atoms with Crippen LogP contribution in [0.5, 0.6) is 0 Å². The molecule has 0 radical (unpaired) electrons. The van der Waals surface area contributed by atoms with Crippen LogP contribution in [0.25, 0.3) is 0 Å². The highest BCUT2D eigenvalue weighted by molar-refractivity contribution is 7.98. The van der Waals surface area contributed by atoms with E-state index in [0.717, 1.165) is 16.6 Å². The van der Waals surface area contributed by atoms with Crippen molar-refractivity contribution in [3.05, 3.63) is 58.1 Å². The van der Waals surface area contributed by atoms with Crippen molar-refractivity contribution in [1.82, 2.24) is 0 Å². The lowest BCUT2D eigenvalue weighted by Crippen LogP contribution is -2.02. The number of hydrogen-bond acceptors (Lipinski definition) is 5. The Morgan fingerprint density at radius 3 is 2.57 bits per heavy atom. The molecule has 21 heavy (non-hydrogen) atoms. The largest absolute Gasteiger partial charge is 0.478 e. The van der Waals surface area contributed by atoms with E-state index in [1.807, 2.05) is 24.5 Å². The monoisotopic (exact) mass is 304 g/mol. The summed E-state index contributed by atoms with van der Waals surface area (Å²) in [4.78, 5) is 22.3. The summed E-state index contributed by atoms with van der Waals surface area (Å²) >= 11 is 1.51. The van der Waals surface area contributed by atoms with Crippen molar-refractivity contribution >= 4 is 34.8 Å². The number of anilines is 2. The summed E-state index contributed by atoms with van der Waals surface area (Å²) in [5, 5.41) is 23.0. The number of para-hydroxylation sites is 1. The van der Waals surface area contributed by atoms with Gasteiger partial charge in [-0.1, -0.05) is 12.1 Å². The molecule has 0 unspecified atom stereocenters. The van der Waals surface area contributed by atoms with Gasteiger partial charge in [-0.05, 0) is 30.5 Å². The average Bonchev–Trinajstić information content (AvgIpc) is 2.47. The summed E-state index contributed by atoms with van der Waals surface area (Å²) in [6.45, 7) is 0.